The molecule has 1 aliphatic heterocycles. The van der Waals surface area contributed by atoms with Crippen molar-refractivity contribution in [2.24, 2.45) is 0 Å². The molecular weight excluding hydrogens is 418 g/mol. The number of carbonyl (C=O) groups excluding carboxylic acids is 1. The van der Waals surface area contributed by atoms with Crippen LogP contribution in [0, 0.1) is 0 Å². The molecule has 0 atom stereocenters. The molecule has 3 aromatic carbocycles. The van der Waals surface area contributed by atoms with Gasteiger partial charge in [0.25, 0.3) is 5.91 Å². The van der Waals surface area contributed by atoms with Gasteiger partial charge in [-0.25, -0.2) is 4.68 Å². The largest absolute Gasteiger partial charge is 0.497 e. The van der Waals surface area contributed by atoms with Gasteiger partial charge in [0.1, 0.15) is 11.4 Å². The van der Waals surface area contributed by atoms with Crippen LogP contribution >= 0.6 is 0 Å². The van der Waals surface area contributed by atoms with Gasteiger partial charge in [-0.1, -0.05) is 36.4 Å². The first-order valence-corrected chi connectivity index (χ1v) is 10.6. The lowest BCUT2D eigenvalue weighted by molar-refractivity contribution is 0.0785. The Morgan fingerprint density at radius 3 is 2.67 bits per heavy atom. The summed E-state index contributed by atoms with van der Waals surface area (Å²) < 4.78 is 18.0. The first kappa shape index (κ1) is 20.6. The van der Waals surface area contributed by atoms with Gasteiger partial charge in [-0.2, -0.15) is 5.10 Å². The van der Waals surface area contributed by atoms with Crippen molar-refractivity contribution >= 4 is 5.91 Å². The minimum absolute atomic E-state index is 0.132. The summed E-state index contributed by atoms with van der Waals surface area (Å²) >= 11 is 0. The molecule has 7 nitrogen and oxygen atoms in total. The fourth-order valence-electron chi connectivity index (χ4n) is 3.82. The van der Waals surface area contributed by atoms with E-state index in [0.29, 0.717) is 29.3 Å². The first-order valence-electron chi connectivity index (χ1n) is 10.6. The van der Waals surface area contributed by atoms with E-state index in [0.717, 1.165) is 22.6 Å². The highest BCUT2D eigenvalue weighted by molar-refractivity contribution is 5.99. The average Bonchev–Trinajstić information content (AvgIpc) is 3.51. The number of hydrogen-bond donors (Lipinski definition) is 0. The Hall–Kier alpha value is -4.26. The van der Waals surface area contributed by atoms with E-state index in [1.54, 1.807) is 29.9 Å². The van der Waals surface area contributed by atoms with Crippen LogP contribution in [0.3, 0.4) is 0 Å². The van der Waals surface area contributed by atoms with Gasteiger partial charge in [0.15, 0.2) is 11.5 Å². The van der Waals surface area contributed by atoms with Crippen molar-refractivity contribution in [3.05, 3.63) is 90.1 Å². The van der Waals surface area contributed by atoms with E-state index in [1.807, 2.05) is 72.8 Å². The van der Waals surface area contributed by atoms with Crippen LogP contribution < -0.4 is 14.2 Å². The normalized spacial score (nSPS) is 11.9. The summed E-state index contributed by atoms with van der Waals surface area (Å²) in [5, 5.41) is 4.76. The number of rotatable bonds is 6. The molecule has 0 spiro atoms. The number of fused-ring (bicyclic) bond motifs is 1. The molecule has 5 rings (SSSR count). The molecule has 0 N–H and O–H groups in total. The van der Waals surface area contributed by atoms with Crippen molar-refractivity contribution in [3.8, 4) is 34.2 Å². The van der Waals surface area contributed by atoms with Crippen molar-refractivity contribution in [1.82, 2.24) is 14.7 Å². The fraction of sp³-hybridized carbons (Fsp3) is 0.154. The molecule has 0 radical (unpaired) electrons. The Labute approximate surface area is 191 Å². The highest BCUT2D eigenvalue weighted by Gasteiger charge is 2.23. The van der Waals surface area contributed by atoms with Crippen LogP contribution in [-0.4, -0.2) is 41.5 Å². The number of methoxy groups -OCH3 is 1. The molecular formula is C26H23N3O4. The minimum atomic E-state index is -0.132. The Bertz CT molecular complexity index is 1300. The average molecular weight is 441 g/mol. The summed E-state index contributed by atoms with van der Waals surface area (Å²) in [6.45, 7) is 0.639. The predicted molar refractivity (Wildman–Crippen MR) is 124 cm³/mol. The maximum absolute atomic E-state index is 13.6. The van der Waals surface area contributed by atoms with Gasteiger partial charge in [0.05, 0.1) is 18.4 Å². The smallest absolute Gasteiger partial charge is 0.257 e. The van der Waals surface area contributed by atoms with Crippen LogP contribution in [0.1, 0.15) is 15.9 Å². The van der Waals surface area contributed by atoms with Crippen molar-refractivity contribution in [2.45, 2.75) is 6.54 Å². The first-order chi connectivity index (χ1) is 16.1. The molecule has 4 aromatic rings. The maximum atomic E-state index is 13.6. The van der Waals surface area contributed by atoms with E-state index in [4.69, 9.17) is 19.3 Å². The Kier molecular flexibility index (Phi) is 5.44. The van der Waals surface area contributed by atoms with E-state index >= 15 is 0 Å². The molecule has 33 heavy (non-hydrogen) atoms. The zero-order valence-electron chi connectivity index (χ0n) is 18.4. The van der Waals surface area contributed by atoms with Gasteiger partial charge in [-0.05, 0) is 42.0 Å². The van der Waals surface area contributed by atoms with Crippen LogP contribution in [0.5, 0.6) is 17.2 Å². The fourth-order valence-corrected chi connectivity index (χ4v) is 3.82. The summed E-state index contributed by atoms with van der Waals surface area (Å²) in [5.74, 6) is 1.99. The Balaban J connectivity index is 1.49. The van der Waals surface area contributed by atoms with Crippen molar-refractivity contribution < 1.29 is 19.0 Å². The molecule has 0 unspecified atom stereocenters. The highest BCUT2D eigenvalue weighted by Crippen LogP contribution is 2.33. The lowest BCUT2D eigenvalue weighted by atomic mass is 10.1. The second-order valence-electron chi connectivity index (χ2n) is 7.75. The number of nitrogens with zero attached hydrogens (tertiary/aromatic N) is 3. The summed E-state index contributed by atoms with van der Waals surface area (Å²) in [5.41, 5.74) is 3.74. The summed E-state index contributed by atoms with van der Waals surface area (Å²) in [6.07, 6.45) is 1.78. The molecule has 0 saturated carbocycles. The molecule has 166 valence electrons. The van der Waals surface area contributed by atoms with Crippen molar-refractivity contribution in [1.29, 1.82) is 0 Å². The maximum Gasteiger partial charge on any atom is 0.257 e. The Morgan fingerprint density at radius 1 is 1.03 bits per heavy atom. The molecule has 2 heterocycles. The lowest BCUT2D eigenvalue weighted by Gasteiger charge is -2.17. The number of amides is 1. The van der Waals surface area contributed by atoms with E-state index in [-0.39, 0.29) is 12.7 Å². The van der Waals surface area contributed by atoms with Gasteiger partial charge in [-0.3, -0.25) is 4.79 Å². The second-order valence-corrected chi connectivity index (χ2v) is 7.75. The zero-order valence-corrected chi connectivity index (χ0v) is 18.4. The molecule has 1 amide bonds. The summed E-state index contributed by atoms with van der Waals surface area (Å²) in [6, 6.07) is 23.0. The number of carbonyl (C=O) groups is 1. The summed E-state index contributed by atoms with van der Waals surface area (Å²) in [4.78, 5) is 15.2. The van der Waals surface area contributed by atoms with E-state index in [9.17, 15) is 4.79 Å². The molecule has 0 bridgehead atoms. The van der Waals surface area contributed by atoms with Crippen LogP contribution in [0.2, 0.25) is 0 Å². The lowest BCUT2D eigenvalue weighted by Crippen LogP contribution is -2.26. The monoisotopic (exact) mass is 441 g/mol. The van der Waals surface area contributed by atoms with Gasteiger partial charge in [0, 0.05) is 25.4 Å². The number of benzene rings is 3. The van der Waals surface area contributed by atoms with Crippen LogP contribution in [0.15, 0.2) is 79.0 Å². The highest BCUT2D eigenvalue weighted by atomic mass is 16.7. The quantitative estimate of drug-likeness (QED) is 0.439. The molecule has 1 aromatic heterocycles. The molecule has 1 aliphatic rings. The molecule has 0 fully saturated rings. The van der Waals surface area contributed by atoms with Gasteiger partial charge < -0.3 is 19.1 Å². The van der Waals surface area contributed by atoms with Crippen LogP contribution in [0.25, 0.3) is 16.9 Å². The zero-order chi connectivity index (χ0) is 22.8. The van der Waals surface area contributed by atoms with E-state index in [2.05, 4.69) is 0 Å². The SMILES string of the molecule is COc1cccc(-c2nn(-c3ccccc3)cc2C(=O)N(C)Cc2ccc3c(c2)OCO3)c1. The van der Waals surface area contributed by atoms with Gasteiger partial charge >= 0.3 is 0 Å². The van der Waals surface area contributed by atoms with Crippen molar-refractivity contribution in [2.75, 3.05) is 21.0 Å². The second kappa shape index (κ2) is 8.70. The van der Waals surface area contributed by atoms with Crippen LogP contribution in [0.4, 0.5) is 0 Å². The number of hydrogen-bond acceptors (Lipinski definition) is 5. The molecule has 0 saturated heterocycles. The number of ether oxygens (including phenoxy) is 3. The molecule has 0 aliphatic carbocycles. The predicted octanol–water partition coefficient (Wildman–Crippen LogP) is 4.55. The topological polar surface area (TPSA) is 65.8 Å². The number of para-hydroxylation sites is 1. The third-order valence-corrected chi connectivity index (χ3v) is 5.51. The van der Waals surface area contributed by atoms with Gasteiger partial charge in [-0.15, -0.1) is 0 Å². The third-order valence-electron chi connectivity index (χ3n) is 5.51. The third kappa shape index (κ3) is 4.13. The van der Waals surface area contributed by atoms with E-state index < -0.39 is 0 Å². The molecule has 7 heteroatoms. The van der Waals surface area contributed by atoms with Gasteiger partial charge in [0.2, 0.25) is 6.79 Å². The number of aromatic nitrogens is 2. The standard InChI is InChI=1S/C26H23N3O4/c1-28(15-18-11-12-23-24(13-18)33-17-32-23)26(30)22-16-29(20-8-4-3-5-9-20)27-25(22)19-7-6-10-21(14-19)31-2/h3-14,16H,15,17H2,1-2H3. The Morgan fingerprint density at radius 2 is 1.85 bits per heavy atom. The summed E-state index contributed by atoms with van der Waals surface area (Å²) in [7, 11) is 3.40. The van der Waals surface area contributed by atoms with E-state index in [1.165, 1.54) is 0 Å². The van der Waals surface area contributed by atoms with Crippen molar-refractivity contribution in [3.63, 3.8) is 0 Å². The van der Waals surface area contributed by atoms with Crippen LogP contribution in [-0.2, 0) is 6.54 Å². The minimum Gasteiger partial charge on any atom is -0.497 e.